The lowest BCUT2D eigenvalue weighted by Crippen LogP contribution is -2.06. The van der Waals surface area contributed by atoms with Crippen LogP contribution in [0.15, 0.2) is 74.2 Å². The van der Waals surface area contributed by atoms with E-state index in [1.165, 1.54) is 6.07 Å². The minimum absolute atomic E-state index is 0.0237. The summed E-state index contributed by atoms with van der Waals surface area (Å²) in [6, 6.07) is 16.2. The van der Waals surface area contributed by atoms with Crippen molar-refractivity contribution in [2.45, 2.75) is 20.5 Å². The predicted molar refractivity (Wildman–Crippen MR) is 136 cm³/mol. The van der Waals surface area contributed by atoms with Crippen LogP contribution in [0.4, 0.5) is 5.69 Å². The first-order valence-electron chi connectivity index (χ1n) is 10.2. The second-order valence-corrected chi connectivity index (χ2v) is 9.39. The highest BCUT2D eigenvalue weighted by atomic mass is 79.9. The summed E-state index contributed by atoms with van der Waals surface area (Å²) in [6.07, 6.45) is 1.58. The van der Waals surface area contributed by atoms with Crippen molar-refractivity contribution in [1.82, 2.24) is 0 Å². The minimum atomic E-state index is -0.634. The van der Waals surface area contributed by atoms with Gasteiger partial charge in [0.25, 0.3) is 5.69 Å². The second kappa shape index (κ2) is 9.90. The van der Waals surface area contributed by atoms with Crippen LogP contribution in [0.1, 0.15) is 27.8 Å². The Kier molecular flexibility index (Phi) is 6.95. The highest BCUT2D eigenvalue weighted by Crippen LogP contribution is 2.36. The maximum Gasteiger partial charge on any atom is 0.363 e. The molecule has 0 aromatic heterocycles. The number of ether oxygens (including phenoxy) is 2. The molecule has 0 fully saturated rings. The fourth-order valence-electron chi connectivity index (χ4n) is 3.39. The fourth-order valence-corrected chi connectivity index (χ4v) is 4.84. The van der Waals surface area contributed by atoms with Crippen LogP contribution in [0.3, 0.4) is 0 Å². The Morgan fingerprint density at radius 3 is 2.50 bits per heavy atom. The largest absolute Gasteiger partial charge is 0.487 e. The van der Waals surface area contributed by atoms with Crippen LogP contribution in [-0.4, -0.2) is 16.8 Å². The number of nitro groups is 1. The lowest BCUT2D eigenvalue weighted by molar-refractivity contribution is -0.385. The van der Waals surface area contributed by atoms with Gasteiger partial charge < -0.3 is 9.47 Å². The van der Waals surface area contributed by atoms with Crippen molar-refractivity contribution in [2.24, 2.45) is 4.99 Å². The quantitative estimate of drug-likeness (QED) is 0.140. The summed E-state index contributed by atoms with van der Waals surface area (Å²) in [4.78, 5) is 27.4. The molecule has 172 valence electrons. The summed E-state index contributed by atoms with van der Waals surface area (Å²) in [5.74, 6) is 0.0228. The van der Waals surface area contributed by atoms with Crippen LogP contribution in [0.25, 0.3) is 6.08 Å². The number of benzene rings is 3. The van der Waals surface area contributed by atoms with Gasteiger partial charge in [-0.2, -0.15) is 0 Å². The van der Waals surface area contributed by atoms with Gasteiger partial charge in [0.15, 0.2) is 5.70 Å². The molecule has 0 spiro atoms. The van der Waals surface area contributed by atoms with Crippen molar-refractivity contribution >= 4 is 55.5 Å². The summed E-state index contributed by atoms with van der Waals surface area (Å²) in [5.41, 5.74) is 3.79. The molecule has 0 N–H and O–H groups in total. The first-order valence-corrected chi connectivity index (χ1v) is 11.8. The van der Waals surface area contributed by atoms with Crippen molar-refractivity contribution in [3.8, 4) is 5.75 Å². The van der Waals surface area contributed by atoms with Crippen molar-refractivity contribution in [3.05, 3.63) is 107 Å². The molecule has 0 bridgehead atoms. The third kappa shape index (κ3) is 5.26. The monoisotopic (exact) mass is 584 g/mol. The van der Waals surface area contributed by atoms with E-state index in [-0.39, 0.29) is 17.3 Å². The van der Waals surface area contributed by atoms with Crippen molar-refractivity contribution < 1.29 is 19.2 Å². The molecule has 7 nitrogen and oxygen atoms in total. The van der Waals surface area contributed by atoms with E-state index in [1.54, 1.807) is 37.3 Å². The summed E-state index contributed by atoms with van der Waals surface area (Å²) < 4.78 is 12.6. The molecule has 34 heavy (non-hydrogen) atoms. The Morgan fingerprint density at radius 1 is 1.09 bits per heavy atom. The number of nitro benzene ring substituents is 1. The number of halogens is 2. The number of aliphatic imine (C=N–C) groups is 1. The maximum absolute atomic E-state index is 12.4. The predicted octanol–water partition coefficient (Wildman–Crippen LogP) is 6.66. The van der Waals surface area contributed by atoms with Gasteiger partial charge in [-0.05, 0) is 81.1 Å². The van der Waals surface area contributed by atoms with Gasteiger partial charge in [0.2, 0.25) is 5.90 Å². The Labute approximate surface area is 212 Å². The van der Waals surface area contributed by atoms with Crippen molar-refractivity contribution in [3.63, 3.8) is 0 Å². The minimum Gasteiger partial charge on any atom is -0.487 e. The Hall–Kier alpha value is -3.30. The number of esters is 1. The van der Waals surface area contributed by atoms with Crippen LogP contribution in [-0.2, 0) is 16.1 Å². The molecule has 9 heteroatoms. The van der Waals surface area contributed by atoms with Crippen LogP contribution in [0, 0.1) is 24.0 Å². The van der Waals surface area contributed by atoms with E-state index in [0.29, 0.717) is 38.0 Å². The van der Waals surface area contributed by atoms with Gasteiger partial charge in [-0.15, -0.1) is 0 Å². The molecule has 3 aromatic rings. The maximum atomic E-state index is 12.4. The van der Waals surface area contributed by atoms with E-state index in [2.05, 4.69) is 42.9 Å². The molecule has 0 atom stereocenters. The Bertz CT molecular complexity index is 1360. The van der Waals surface area contributed by atoms with Crippen LogP contribution in [0.2, 0.25) is 0 Å². The number of aryl methyl sites for hydroxylation is 2. The fraction of sp³-hybridized carbons (Fsp3) is 0.120. The third-order valence-corrected chi connectivity index (χ3v) is 6.24. The van der Waals surface area contributed by atoms with Crippen LogP contribution < -0.4 is 4.74 Å². The smallest absolute Gasteiger partial charge is 0.363 e. The van der Waals surface area contributed by atoms with Gasteiger partial charge in [0.1, 0.15) is 12.4 Å². The van der Waals surface area contributed by atoms with Gasteiger partial charge in [0.05, 0.1) is 13.9 Å². The molecule has 0 saturated heterocycles. The number of hydrogen-bond donors (Lipinski definition) is 0. The molecule has 3 aromatic carbocycles. The van der Waals surface area contributed by atoms with Gasteiger partial charge in [0, 0.05) is 17.2 Å². The lowest BCUT2D eigenvalue weighted by atomic mass is 10.1. The van der Waals surface area contributed by atoms with E-state index >= 15 is 0 Å². The van der Waals surface area contributed by atoms with E-state index < -0.39 is 10.9 Å². The topological polar surface area (TPSA) is 91.0 Å². The molecule has 0 unspecified atom stereocenters. The summed E-state index contributed by atoms with van der Waals surface area (Å²) >= 11 is 7.05. The number of hydrogen-bond acceptors (Lipinski definition) is 6. The van der Waals surface area contributed by atoms with Crippen molar-refractivity contribution in [1.29, 1.82) is 0 Å². The molecule has 4 rings (SSSR count). The Balaban J connectivity index is 1.57. The first kappa shape index (κ1) is 23.8. The highest BCUT2D eigenvalue weighted by Gasteiger charge is 2.26. The summed E-state index contributed by atoms with van der Waals surface area (Å²) in [7, 11) is 0. The van der Waals surface area contributed by atoms with Crippen molar-refractivity contribution in [2.75, 3.05) is 0 Å². The third-order valence-electron chi connectivity index (χ3n) is 5.06. The summed E-state index contributed by atoms with van der Waals surface area (Å²) in [6.45, 7) is 4.07. The van der Waals surface area contributed by atoms with Gasteiger partial charge in [-0.1, -0.05) is 35.9 Å². The Morgan fingerprint density at radius 2 is 1.82 bits per heavy atom. The van der Waals surface area contributed by atoms with Crippen LogP contribution >= 0.6 is 31.9 Å². The SMILES string of the molecule is Cc1cccc(COc2c(Br)cc(/C=C3\N=C(c4ccc(C)c([N+](=O)[O-])c4)OC3=O)cc2Br)c1. The molecule has 0 aliphatic carbocycles. The standard InChI is InChI=1S/C25H18Br2N2O5/c1-14-4-3-5-16(8-14)13-33-23-19(26)9-17(10-20(23)27)11-21-25(30)34-24(28-21)18-7-6-15(2)22(12-18)29(31)32/h3-12H,13H2,1-2H3/b21-11-. The zero-order valence-corrected chi connectivity index (χ0v) is 21.3. The molecule has 1 heterocycles. The molecular formula is C25H18Br2N2O5. The molecule has 0 radical (unpaired) electrons. The lowest BCUT2D eigenvalue weighted by Gasteiger charge is -2.12. The number of rotatable bonds is 6. The molecular weight excluding hydrogens is 568 g/mol. The number of cyclic esters (lactones) is 1. The van der Waals surface area contributed by atoms with E-state index in [0.717, 1.165) is 11.1 Å². The van der Waals surface area contributed by atoms with Gasteiger partial charge >= 0.3 is 5.97 Å². The number of carbonyl (C=O) groups excluding carboxylic acids is 1. The molecule has 1 aliphatic heterocycles. The highest BCUT2D eigenvalue weighted by molar-refractivity contribution is 9.11. The van der Waals surface area contributed by atoms with E-state index in [4.69, 9.17) is 9.47 Å². The zero-order valence-electron chi connectivity index (χ0n) is 18.2. The first-order chi connectivity index (χ1) is 16.2. The molecule has 0 saturated carbocycles. The molecule has 0 amide bonds. The van der Waals surface area contributed by atoms with E-state index in [9.17, 15) is 14.9 Å². The number of nitrogens with zero attached hydrogens (tertiary/aromatic N) is 2. The average Bonchev–Trinajstić information content (AvgIpc) is 3.13. The zero-order chi connectivity index (χ0) is 24.4. The number of carbonyl (C=O) groups is 1. The van der Waals surface area contributed by atoms with Crippen LogP contribution in [0.5, 0.6) is 5.75 Å². The van der Waals surface area contributed by atoms with E-state index in [1.807, 2.05) is 25.1 Å². The summed E-state index contributed by atoms with van der Waals surface area (Å²) in [5, 5.41) is 11.2. The van der Waals surface area contributed by atoms with Gasteiger partial charge in [-0.25, -0.2) is 9.79 Å². The molecule has 1 aliphatic rings. The van der Waals surface area contributed by atoms with Gasteiger partial charge in [-0.3, -0.25) is 10.1 Å². The second-order valence-electron chi connectivity index (χ2n) is 7.69. The normalized spacial score (nSPS) is 14.2. The average molecular weight is 586 g/mol.